The van der Waals surface area contributed by atoms with Crippen LogP contribution in [0.3, 0.4) is 0 Å². The number of hydrogen-bond donors (Lipinski definition) is 0. The summed E-state index contributed by atoms with van der Waals surface area (Å²) in [6, 6.07) is 12.1. The van der Waals surface area contributed by atoms with Crippen LogP contribution in [0.15, 0.2) is 47.5 Å². The average Bonchev–Trinajstić information content (AvgIpc) is 3.29. The molecule has 2 aromatic carbocycles. The number of aryl methyl sites for hydroxylation is 2. The maximum atomic E-state index is 18.0. The maximum absolute atomic E-state index is 18.0. The van der Waals surface area contributed by atoms with Gasteiger partial charge in [-0.15, -0.1) is 0 Å². The number of benzene rings is 2. The summed E-state index contributed by atoms with van der Waals surface area (Å²) < 4.78 is 34.8. The summed E-state index contributed by atoms with van der Waals surface area (Å²) in [5.41, 5.74) is 8.17. The van der Waals surface area contributed by atoms with Crippen molar-refractivity contribution in [3.63, 3.8) is 0 Å². The second kappa shape index (κ2) is 7.48. The van der Waals surface area contributed by atoms with E-state index in [0.717, 1.165) is 44.5 Å². The van der Waals surface area contributed by atoms with Gasteiger partial charge in [0.05, 0.1) is 0 Å². The summed E-state index contributed by atoms with van der Waals surface area (Å²) in [7, 11) is 0. The molecular weight excluding hydrogens is 470 g/mol. The second-order valence-electron chi connectivity index (χ2n) is 9.55. The molecule has 0 saturated carbocycles. The van der Waals surface area contributed by atoms with E-state index in [1.54, 1.807) is 0 Å². The molecule has 4 rings (SSSR count). The Morgan fingerprint density at radius 1 is 0.767 bits per heavy atom. The van der Waals surface area contributed by atoms with Crippen molar-refractivity contribution >= 4 is 18.1 Å². The summed E-state index contributed by atoms with van der Waals surface area (Å²) in [4.78, 5) is 0. The van der Waals surface area contributed by atoms with E-state index in [2.05, 4.69) is 52.0 Å². The molecule has 0 heterocycles. The van der Waals surface area contributed by atoms with Gasteiger partial charge in [-0.05, 0) is 0 Å². The van der Waals surface area contributed by atoms with Crippen LogP contribution in [0.5, 0.6) is 0 Å². The molecule has 0 aromatic heterocycles. The molecule has 2 atom stereocenters. The number of hydrogen-bond acceptors (Lipinski definition) is 0. The van der Waals surface area contributed by atoms with Gasteiger partial charge in [-0.1, -0.05) is 0 Å². The molecule has 0 bridgehead atoms. The number of fused-ring (bicyclic) bond motifs is 2. The van der Waals surface area contributed by atoms with Gasteiger partial charge < -0.3 is 0 Å². The predicted octanol–water partition coefficient (Wildman–Crippen LogP) is 8.14. The van der Waals surface area contributed by atoms with Gasteiger partial charge >= 0.3 is 184 Å². The zero-order chi connectivity index (χ0) is 21.9. The second-order valence-corrected chi connectivity index (χ2v) is 35.8. The molecule has 0 amide bonds. The van der Waals surface area contributed by atoms with Crippen molar-refractivity contribution in [3.8, 4) is 0 Å². The molecule has 0 saturated heterocycles. The summed E-state index contributed by atoms with van der Waals surface area (Å²) in [6.45, 7) is 12.1. The Balaban J connectivity index is 2.03. The molecule has 0 radical (unpaired) electrons. The normalized spacial score (nSPS) is 21.7. The van der Waals surface area contributed by atoms with E-state index < -0.39 is 32.3 Å². The number of rotatable bonds is 5. The van der Waals surface area contributed by atoms with E-state index in [1.807, 2.05) is 37.4 Å². The third-order valence-electron chi connectivity index (χ3n) is 7.76. The molecule has 0 N–H and O–H groups in total. The van der Waals surface area contributed by atoms with Gasteiger partial charge in [0.2, 0.25) is 0 Å². The zero-order valence-electron chi connectivity index (χ0n) is 19.0. The van der Waals surface area contributed by atoms with Crippen LogP contribution in [0.1, 0.15) is 67.3 Å². The fourth-order valence-electron chi connectivity index (χ4n) is 5.99. The van der Waals surface area contributed by atoms with E-state index in [1.165, 1.54) is 0 Å². The Bertz CT molecular complexity index is 1000. The number of halogens is 2. The first-order valence-electron chi connectivity index (χ1n) is 11.3. The third kappa shape index (κ3) is 2.89. The Morgan fingerprint density at radius 3 is 1.50 bits per heavy atom. The standard InChI is InChI=1S/2C12H13.C2H7Si.2FH.Zr/c2*1-3-10-7-11-6-4-5-9(2)12(11)8-10;1-3-2;;;/h2*4-8H,3H2,1-2H3;3H,1-2H3;2*1H;/q;;;;;+2/p-2. The van der Waals surface area contributed by atoms with E-state index in [0.29, 0.717) is 12.8 Å². The first-order valence-corrected chi connectivity index (χ1v) is 23.2. The summed E-state index contributed by atoms with van der Waals surface area (Å²) in [5.74, 6) is -2.28. The fourth-order valence-corrected chi connectivity index (χ4v) is 31.7. The molecule has 0 aliphatic heterocycles. The molecular formula is C26H33F2SiZr. The van der Waals surface area contributed by atoms with E-state index in [9.17, 15) is 0 Å². The van der Waals surface area contributed by atoms with Gasteiger partial charge in [0.15, 0.2) is 0 Å². The Kier molecular flexibility index (Phi) is 5.51. The van der Waals surface area contributed by atoms with Crippen molar-refractivity contribution in [1.29, 1.82) is 0 Å². The van der Waals surface area contributed by atoms with Crippen LogP contribution in [0.25, 0.3) is 12.2 Å². The van der Waals surface area contributed by atoms with Crippen LogP contribution >= 0.6 is 0 Å². The van der Waals surface area contributed by atoms with Crippen LogP contribution in [-0.2, 0) is 19.2 Å². The molecule has 0 fully saturated rings. The molecule has 2 unspecified atom stereocenters. The van der Waals surface area contributed by atoms with Gasteiger partial charge in [-0.25, -0.2) is 0 Å². The molecule has 2 aromatic rings. The van der Waals surface area contributed by atoms with Crippen molar-refractivity contribution in [2.45, 2.75) is 60.9 Å². The van der Waals surface area contributed by atoms with Crippen LogP contribution in [-0.4, -0.2) is 5.92 Å². The first-order chi connectivity index (χ1) is 14.1. The molecule has 2 aliphatic carbocycles. The van der Waals surface area contributed by atoms with Gasteiger partial charge in [-0.3, -0.25) is 0 Å². The summed E-state index contributed by atoms with van der Waals surface area (Å²) >= 11 is -6.38. The summed E-state index contributed by atoms with van der Waals surface area (Å²) in [6.07, 6.45) is 5.63. The quantitative estimate of drug-likeness (QED) is 0.362. The molecule has 4 heteroatoms. The molecule has 0 nitrogen and oxygen atoms in total. The third-order valence-corrected chi connectivity index (χ3v) is 39.0. The Morgan fingerprint density at radius 2 is 1.17 bits per heavy atom. The summed E-state index contributed by atoms with van der Waals surface area (Å²) in [5, 5.41) is 0. The molecule has 0 spiro atoms. The fraction of sp³-hybridized carbons (Fsp3) is 0.385. The van der Waals surface area contributed by atoms with Gasteiger partial charge in [0, 0.05) is 0 Å². The van der Waals surface area contributed by atoms with Crippen LogP contribution in [0.4, 0.5) is 5.25 Å². The molecule has 30 heavy (non-hydrogen) atoms. The van der Waals surface area contributed by atoms with Crippen molar-refractivity contribution in [2.75, 3.05) is 0 Å². The topological polar surface area (TPSA) is 0 Å². The first kappa shape index (κ1) is 22.1. The average molecular weight is 503 g/mol. The van der Waals surface area contributed by atoms with Crippen LogP contribution < -0.4 is 0 Å². The predicted molar refractivity (Wildman–Crippen MR) is 125 cm³/mol. The molecule has 2 aliphatic rings. The van der Waals surface area contributed by atoms with Crippen molar-refractivity contribution < 1.29 is 24.4 Å². The van der Waals surface area contributed by atoms with Crippen molar-refractivity contribution in [2.24, 2.45) is 0 Å². The SMILES string of the molecule is CCC1=Cc2c(C)cccc2[CH]1[Zr]([F])([F])([CH]1C(CC)=Cc2c(C)cccc21)[SiH](C)C. The van der Waals surface area contributed by atoms with Crippen molar-refractivity contribution in [1.82, 2.24) is 0 Å². The van der Waals surface area contributed by atoms with E-state index in [4.69, 9.17) is 0 Å². The van der Waals surface area contributed by atoms with Gasteiger partial charge in [-0.2, -0.15) is 0 Å². The number of allylic oxidation sites excluding steroid dienone is 2. The monoisotopic (exact) mass is 501 g/mol. The van der Waals surface area contributed by atoms with E-state index >= 15 is 5.25 Å². The van der Waals surface area contributed by atoms with E-state index in [-0.39, 0.29) is 0 Å². The van der Waals surface area contributed by atoms with Crippen molar-refractivity contribution in [3.05, 3.63) is 80.9 Å². The van der Waals surface area contributed by atoms with Crippen LogP contribution in [0.2, 0.25) is 13.1 Å². The van der Waals surface area contributed by atoms with Crippen LogP contribution in [0, 0.1) is 13.8 Å². The minimum absolute atomic E-state index is 0.635. The van der Waals surface area contributed by atoms with Gasteiger partial charge in [0.25, 0.3) is 0 Å². The zero-order valence-corrected chi connectivity index (χ0v) is 22.6. The Labute approximate surface area is 183 Å². The minimum atomic E-state index is -6.38. The molecule has 159 valence electrons. The Hall–Kier alpha value is -1.12. The van der Waals surface area contributed by atoms with Gasteiger partial charge in [0.1, 0.15) is 0 Å².